The number of aromatic nitrogens is 2. The quantitative estimate of drug-likeness (QED) is 0.332. The normalized spacial score (nSPS) is 11.5. The Kier molecular flexibility index (Phi) is 4.43. The molecule has 0 aliphatic carbocycles. The van der Waals surface area contributed by atoms with Crippen LogP contribution in [0.15, 0.2) is 17.5 Å². The van der Waals surface area contributed by atoms with Crippen LogP contribution < -0.4 is 10.6 Å². The summed E-state index contributed by atoms with van der Waals surface area (Å²) >= 11 is 0. The van der Waals surface area contributed by atoms with Gasteiger partial charge in [-0.05, 0) is 6.92 Å². The molecule has 0 aromatic carbocycles. The van der Waals surface area contributed by atoms with Gasteiger partial charge in [-0.2, -0.15) is 0 Å². The van der Waals surface area contributed by atoms with Crippen LogP contribution in [0.1, 0.15) is 13.3 Å². The van der Waals surface area contributed by atoms with Crippen LogP contribution >= 0.6 is 0 Å². The van der Waals surface area contributed by atoms with E-state index in [4.69, 9.17) is 10.9 Å². The van der Waals surface area contributed by atoms with Crippen molar-refractivity contribution in [2.24, 2.45) is 10.9 Å². The fourth-order valence-electron chi connectivity index (χ4n) is 1.17. The van der Waals surface area contributed by atoms with E-state index in [2.05, 4.69) is 15.1 Å². The Hall–Kier alpha value is -1.92. The predicted octanol–water partition coefficient (Wildman–Crippen LogP) is 0.578. The number of hydrogen-bond donors (Lipinski definition) is 2. The summed E-state index contributed by atoms with van der Waals surface area (Å²) in [4.78, 5) is 9.50. The van der Waals surface area contributed by atoms with Crippen molar-refractivity contribution in [2.45, 2.75) is 13.3 Å². The summed E-state index contributed by atoms with van der Waals surface area (Å²) in [6.07, 6.45) is 2.61. The Labute approximate surface area is 92.6 Å². The first kappa shape index (κ1) is 12.2. The van der Waals surface area contributed by atoms with E-state index < -0.39 is 5.82 Å². The van der Waals surface area contributed by atoms with Crippen molar-refractivity contribution in [1.82, 2.24) is 9.97 Å². The summed E-state index contributed by atoms with van der Waals surface area (Å²) < 4.78 is 12.6. The molecule has 1 aromatic rings. The third-order valence-corrected chi connectivity index (χ3v) is 2.04. The summed E-state index contributed by atoms with van der Waals surface area (Å²) in [6.45, 7) is 3.08. The van der Waals surface area contributed by atoms with Crippen LogP contribution in [0.3, 0.4) is 0 Å². The third kappa shape index (κ3) is 3.34. The Morgan fingerprint density at radius 2 is 2.19 bits per heavy atom. The summed E-state index contributed by atoms with van der Waals surface area (Å²) in [5.74, 6) is 0.0893. The molecule has 0 amide bonds. The molecule has 1 heterocycles. The molecule has 0 aliphatic heterocycles. The van der Waals surface area contributed by atoms with Crippen molar-refractivity contribution in [3.63, 3.8) is 0 Å². The summed E-state index contributed by atoms with van der Waals surface area (Å²) in [5, 5.41) is 11.3. The van der Waals surface area contributed by atoms with Crippen LogP contribution in [0.5, 0.6) is 0 Å². The maximum atomic E-state index is 12.6. The Bertz CT molecular complexity index is 353. The van der Waals surface area contributed by atoms with Gasteiger partial charge in [0.2, 0.25) is 5.95 Å². The molecule has 0 saturated carbocycles. The molecule has 0 bridgehead atoms. The first-order valence-corrected chi connectivity index (χ1v) is 4.86. The molecule has 0 radical (unpaired) electrons. The first-order chi connectivity index (χ1) is 7.67. The highest BCUT2D eigenvalue weighted by Gasteiger charge is 2.08. The van der Waals surface area contributed by atoms with Gasteiger partial charge in [-0.25, -0.2) is 14.4 Å². The molecule has 0 fully saturated rings. The standard InChI is InChI=1S/C9H14FN5O/c1-2-15(4-3-8(11)14-16)9-12-5-7(10)6-13-9/h5-6,16H,2-4H2,1H3,(H2,11,14). The van der Waals surface area contributed by atoms with Gasteiger partial charge in [-0.15, -0.1) is 0 Å². The van der Waals surface area contributed by atoms with Crippen molar-refractivity contribution < 1.29 is 9.60 Å². The van der Waals surface area contributed by atoms with E-state index in [1.165, 1.54) is 0 Å². The topological polar surface area (TPSA) is 87.6 Å². The van der Waals surface area contributed by atoms with Crippen LogP contribution in [-0.4, -0.2) is 34.1 Å². The second-order valence-electron chi connectivity index (χ2n) is 3.12. The summed E-state index contributed by atoms with van der Waals surface area (Å²) in [7, 11) is 0. The lowest BCUT2D eigenvalue weighted by atomic mass is 10.3. The molecule has 0 saturated heterocycles. The zero-order valence-electron chi connectivity index (χ0n) is 8.97. The van der Waals surface area contributed by atoms with Gasteiger partial charge < -0.3 is 15.8 Å². The van der Waals surface area contributed by atoms with Crippen molar-refractivity contribution in [2.75, 3.05) is 18.0 Å². The molecule has 0 atom stereocenters. The maximum Gasteiger partial charge on any atom is 0.225 e. The van der Waals surface area contributed by atoms with E-state index in [9.17, 15) is 4.39 Å². The molecule has 16 heavy (non-hydrogen) atoms. The number of nitrogens with zero attached hydrogens (tertiary/aromatic N) is 4. The van der Waals surface area contributed by atoms with Crippen LogP contribution in [-0.2, 0) is 0 Å². The number of nitrogens with two attached hydrogens (primary N) is 1. The number of anilines is 1. The zero-order valence-corrected chi connectivity index (χ0v) is 8.97. The lowest BCUT2D eigenvalue weighted by Gasteiger charge is -2.19. The summed E-state index contributed by atoms with van der Waals surface area (Å²) in [5.41, 5.74) is 5.35. The Morgan fingerprint density at radius 3 is 2.69 bits per heavy atom. The minimum Gasteiger partial charge on any atom is -0.409 e. The Morgan fingerprint density at radius 1 is 1.56 bits per heavy atom. The number of oxime groups is 1. The largest absolute Gasteiger partial charge is 0.409 e. The van der Waals surface area contributed by atoms with Gasteiger partial charge in [0, 0.05) is 19.5 Å². The molecular formula is C9H14FN5O. The highest BCUT2D eigenvalue weighted by molar-refractivity contribution is 5.80. The van der Waals surface area contributed by atoms with E-state index in [0.29, 0.717) is 25.5 Å². The lowest BCUT2D eigenvalue weighted by molar-refractivity contribution is 0.317. The van der Waals surface area contributed by atoms with E-state index in [-0.39, 0.29) is 5.84 Å². The van der Waals surface area contributed by atoms with Crippen LogP contribution in [0, 0.1) is 5.82 Å². The van der Waals surface area contributed by atoms with Gasteiger partial charge in [0.25, 0.3) is 0 Å². The second-order valence-corrected chi connectivity index (χ2v) is 3.12. The third-order valence-electron chi connectivity index (χ3n) is 2.04. The highest BCUT2D eigenvalue weighted by Crippen LogP contribution is 2.06. The van der Waals surface area contributed by atoms with Crippen LogP contribution in [0.25, 0.3) is 0 Å². The van der Waals surface area contributed by atoms with Gasteiger partial charge in [0.05, 0.1) is 12.4 Å². The van der Waals surface area contributed by atoms with Crippen molar-refractivity contribution in [3.05, 3.63) is 18.2 Å². The predicted molar refractivity (Wildman–Crippen MR) is 57.9 cm³/mol. The van der Waals surface area contributed by atoms with Gasteiger partial charge in [-0.1, -0.05) is 5.16 Å². The monoisotopic (exact) mass is 227 g/mol. The van der Waals surface area contributed by atoms with Gasteiger partial charge in [-0.3, -0.25) is 0 Å². The van der Waals surface area contributed by atoms with Gasteiger partial charge in [0.15, 0.2) is 5.82 Å². The van der Waals surface area contributed by atoms with E-state index in [0.717, 1.165) is 12.4 Å². The van der Waals surface area contributed by atoms with E-state index in [1.807, 2.05) is 6.92 Å². The smallest absolute Gasteiger partial charge is 0.225 e. The van der Waals surface area contributed by atoms with Crippen molar-refractivity contribution in [3.8, 4) is 0 Å². The first-order valence-electron chi connectivity index (χ1n) is 4.86. The number of halogens is 1. The second kappa shape index (κ2) is 5.84. The molecule has 0 aliphatic rings. The fraction of sp³-hybridized carbons (Fsp3) is 0.444. The van der Waals surface area contributed by atoms with Crippen molar-refractivity contribution in [1.29, 1.82) is 0 Å². The Balaban J connectivity index is 2.64. The number of hydrogen-bond acceptors (Lipinski definition) is 5. The molecule has 7 heteroatoms. The highest BCUT2D eigenvalue weighted by atomic mass is 19.1. The van der Waals surface area contributed by atoms with E-state index in [1.54, 1.807) is 4.90 Å². The number of rotatable bonds is 5. The molecule has 0 spiro atoms. The lowest BCUT2D eigenvalue weighted by Crippen LogP contribution is -2.29. The summed E-state index contributed by atoms with van der Waals surface area (Å²) in [6, 6.07) is 0. The van der Waals surface area contributed by atoms with Gasteiger partial charge >= 0.3 is 0 Å². The molecule has 0 unspecified atom stereocenters. The fourth-order valence-corrected chi connectivity index (χ4v) is 1.17. The average Bonchev–Trinajstić information content (AvgIpc) is 2.31. The van der Waals surface area contributed by atoms with Crippen LogP contribution in [0.4, 0.5) is 10.3 Å². The molecule has 3 N–H and O–H groups in total. The molecule has 88 valence electrons. The minimum absolute atomic E-state index is 0.139. The van der Waals surface area contributed by atoms with Crippen LogP contribution in [0.2, 0.25) is 0 Å². The minimum atomic E-state index is -0.476. The molecule has 6 nitrogen and oxygen atoms in total. The number of amidine groups is 1. The molecule has 1 aromatic heterocycles. The van der Waals surface area contributed by atoms with Crippen molar-refractivity contribution >= 4 is 11.8 Å². The molecular weight excluding hydrogens is 213 g/mol. The SMILES string of the molecule is CCN(CCC(N)=NO)c1ncc(F)cn1. The zero-order chi connectivity index (χ0) is 12.0. The average molecular weight is 227 g/mol. The maximum absolute atomic E-state index is 12.6. The van der Waals surface area contributed by atoms with Gasteiger partial charge in [0.1, 0.15) is 5.84 Å². The van der Waals surface area contributed by atoms with E-state index >= 15 is 0 Å². The molecule has 1 rings (SSSR count).